The van der Waals surface area contributed by atoms with Crippen molar-refractivity contribution in [1.82, 2.24) is 5.16 Å². The summed E-state index contributed by atoms with van der Waals surface area (Å²) in [5.74, 6) is 0.794. The number of hydrogen-bond donors (Lipinski definition) is 0. The molecule has 2 heterocycles. The van der Waals surface area contributed by atoms with Crippen molar-refractivity contribution in [3.63, 3.8) is 0 Å². The van der Waals surface area contributed by atoms with Crippen LogP contribution in [-0.2, 0) is 0 Å². The Morgan fingerprint density at radius 1 is 0.682 bits per heavy atom. The molecule has 3 nitrogen and oxygen atoms in total. The lowest BCUT2D eigenvalue weighted by Gasteiger charge is -1.97. The van der Waals surface area contributed by atoms with Gasteiger partial charge in [-0.25, -0.2) is 0 Å². The molecular formula is C19H11NO2. The van der Waals surface area contributed by atoms with Gasteiger partial charge in [-0.2, -0.15) is 0 Å². The molecule has 3 heteroatoms. The van der Waals surface area contributed by atoms with E-state index in [1.54, 1.807) is 0 Å². The molecule has 0 saturated carbocycles. The van der Waals surface area contributed by atoms with Crippen LogP contribution in [0.5, 0.6) is 0 Å². The molecule has 3 aromatic carbocycles. The average Bonchev–Trinajstić information content (AvgIpc) is 3.15. The maximum atomic E-state index is 5.87. The third-order valence-electron chi connectivity index (χ3n) is 4.02. The van der Waals surface area contributed by atoms with E-state index in [1.165, 1.54) is 0 Å². The molecule has 0 aliphatic carbocycles. The largest absolute Gasteiger partial charge is 0.456 e. The summed E-state index contributed by atoms with van der Waals surface area (Å²) < 4.78 is 11.4. The predicted molar refractivity (Wildman–Crippen MR) is 86.7 cm³/mol. The molecule has 0 aliphatic rings. The Morgan fingerprint density at radius 2 is 1.45 bits per heavy atom. The van der Waals surface area contributed by atoms with Crippen molar-refractivity contribution in [2.45, 2.75) is 0 Å². The zero-order valence-electron chi connectivity index (χ0n) is 11.6. The zero-order chi connectivity index (χ0) is 14.5. The summed E-state index contributed by atoms with van der Waals surface area (Å²) in [5.41, 5.74) is 3.66. The number of aromatic nitrogens is 1. The van der Waals surface area contributed by atoms with Crippen molar-refractivity contribution in [2.24, 2.45) is 0 Å². The molecule has 5 aromatic rings. The van der Waals surface area contributed by atoms with Crippen LogP contribution in [0.25, 0.3) is 44.2 Å². The van der Waals surface area contributed by atoms with Gasteiger partial charge in [-0.05, 0) is 36.4 Å². The molecule has 0 aliphatic heterocycles. The van der Waals surface area contributed by atoms with Gasteiger partial charge in [0.05, 0.1) is 0 Å². The second kappa shape index (κ2) is 4.21. The second-order valence-electron chi connectivity index (χ2n) is 5.34. The lowest BCUT2D eigenvalue weighted by molar-refractivity contribution is 0.441. The molecule has 0 spiro atoms. The van der Waals surface area contributed by atoms with E-state index in [0.717, 1.165) is 44.2 Å². The van der Waals surface area contributed by atoms with Crippen LogP contribution < -0.4 is 0 Å². The molecule has 22 heavy (non-hydrogen) atoms. The smallest absolute Gasteiger partial charge is 0.174 e. The van der Waals surface area contributed by atoms with E-state index in [4.69, 9.17) is 8.94 Å². The molecule has 0 radical (unpaired) electrons. The molecular weight excluding hydrogens is 274 g/mol. The molecule has 5 rings (SSSR count). The Balaban J connectivity index is 1.83. The van der Waals surface area contributed by atoms with Crippen LogP contribution in [0.4, 0.5) is 0 Å². The molecule has 0 bridgehead atoms. The summed E-state index contributed by atoms with van der Waals surface area (Å²) in [6.07, 6.45) is 0. The number of fused-ring (bicyclic) bond motifs is 4. The van der Waals surface area contributed by atoms with Crippen molar-refractivity contribution in [2.75, 3.05) is 0 Å². The van der Waals surface area contributed by atoms with Crippen LogP contribution in [0, 0.1) is 0 Å². The van der Waals surface area contributed by atoms with E-state index >= 15 is 0 Å². The first-order chi connectivity index (χ1) is 10.9. The van der Waals surface area contributed by atoms with Gasteiger partial charge >= 0.3 is 0 Å². The minimum atomic E-state index is 0.794. The zero-order valence-corrected chi connectivity index (χ0v) is 11.6. The highest BCUT2D eigenvalue weighted by atomic mass is 16.5. The maximum absolute atomic E-state index is 5.87. The molecule has 2 aromatic heterocycles. The SMILES string of the molecule is c1ccc2c(-c3ccc4oc5ccccc5c4c3)onc2c1. The van der Waals surface area contributed by atoms with Gasteiger partial charge in [-0.1, -0.05) is 35.5 Å². The van der Waals surface area contributed by atoms with Crippen LogP contribution in [0.3, 0.4) is 0 Å². The first kappa shape index (κ1) is 11.6. The Kier molecular flexibility index (Phi) is 2.22. The van der Waals surface area contributed by atoms with Crippen molar-refractivity contribution in [3.05, 3.63) is 66.7 Å². The molecule has 0 fully saturated rings. The van der Waals surface area contributed by atoms with Gasteiger partial charge in [0.2, 0.25) is 0 Å². The van der Waals surface area contributed by atoms with Crippen LogP contribution >= 0.6 is 0 Å². The minimum absolute atomic E-state index is 0.794. The second-order valence-corrected chi connectivity index (χ2v) is 5.34. The van der Waals surface area contributed by atoms with E-state index in [1.807, 2.05) is 54.6 Å². The van der Waals surface area contributed by atoms with E-state index in [-0.39, 0.29) is 0 Å². The van der Waals surface area contributed by atoms with Crippen molar-refractivity contribution in [3.8, 4) is 11.3 Å². The quantitative estimate of drug-likeness (QED) is 0.414. The number of benzene rings is 3. The van der Waals surface area contributed by atoms with Gasteiger partial charge in [0, 0.05) is 21.7 Å². The number of nitrogens with zero attached hydrogens (tertiary/aromatic N) is 1. The Labute approximate surface area is 125 Å². The lowest BCUT2D eigenvalue weighted by atomic mass is 10.1. The standard InChI is InChI=1S/C19H11NO2/c1-3-7-16-14(6-1)19(22-20-16)12-9-10-18-15(11-12)13-5-2-4-8-17(13)21-18/h1-11H. The molecule has 0 N–H and O–H groups in total. The Hall–Kier alpha value is -3.07. The predicted octanol–water partition coefficient (Wildman–Crippen LogP) is 5.39. The van der Waals surface area contributed by atoms with Gasteiger partial charge in [0.15, 0.2) is 5.76 Å². The summed E-state index contributed by atoms with van der Waals surface area (Å²) >= 11 is 0. The van der Waals surface area contributed by atoms with Crippen LogP contribution in [0.1, 0.15) is 0 Å². The first-order valence-corrected chi connectivity index (χ1v) is 7.16. The summed E-state index contributed by atoms with van der Waals surface area (Å²) in [6.45, 7) is 0. The summed E-state index contributed by atoms with van der Waals surface area (Å²) in [7, 11) is 0. The van der Waals surface area contributed by atoms with E-state index in [2.05, 4.69) is 17.3 Å². The third-order valence-corrected chi connectivity index (χ3v) is 4.02. The van der Waals surface area contributed by atoms with Crippen LogP contribution in [-0.4, -0.2) is 5.16 Å². The minimum Gasteiger partial charge on any atom is -0.456 e. The summed E-state index contributed by atoms with van der Waals surface area (Å²) in [5, 5.41) is 7.35. The van der Waals surface area contributed by atoms with Gasteiger partial charge in [0.1, 0.15) is 16.7 Å². The Morgan fingerprint density at radius 3 is 2.41 bits per heavy atom. The van der Waals surface area contributed by atoms with Gasteiger partial charge in [0.25, 0.3) is 0 Å². The average molecular weight is 285 g/mol. The number of furan rings is 1. The van der Waals surface area contributed by atoms with E-state index < -0.39 is 0 Å². The highest BCUT2D eigenvalue weighted by Gasteiger charge is 2.13. The number of rotatable bonds is 1. The summed E-state index contributed by atoms with van der Waals surface area (Å²) in [6, 6.07) is 22.1. The molecule has 0 atom stereocenters. The first-order valence-electron chi connectivity index (χ1n) is 7.16. The topological polar surface area (TPSA) is 39.2 Å². The molecule has 0 saturated heterocycles. The van der Waals surface area contributed by atoms with E-state index in [0.29, 0.717) is 0 Å². The van der Waals surface area contributed by atoms with Gasteiger partial charge in [-0.3, -0.25) is 0 Å². The fraction of sp³-hybridized carbons (Fsp3) is 0. The van der Waals surface area contributed by atoms with Crippen molar-refractivity contribution in [1.29, 1.82) is 0 Å². The number of para-hydroxylation sites is 1. The highest BCUT2D eigenvalue weighted by molar-refractivity contribution is 6.07. The third kappa shape index (κ3) is 1.53. The normalized spacial score (nSPS) is 11.6. The molecule has 104 valence electrons. The maximum Gasteiger partial charge on any atom is 0.174 e. The van der Waals surface area contributed by atoms with Gasteiger partial charge in [-0.15, -0.1) is 0 Å². The number of hydrogen-bond acceptors (Lipinski definition) is 3. The fourth-order valence-electron chi connectivity index (χ4n) is 2.96. The van der Waals surface area contributed by atoms with E-state index in [9.17, 15) is 0 Å². The van der Waals surface area contributed by atoms with Crippen molar-refractivity contribution < 1.29 is 8.94 Å². The van der Waals surface area contributed by atoms with Crippen LogP contribution in [0.2, 0.25) is 0 Å². The van der Waals surface area contributed by atoms with Gasteiger partial charge < -0.3 is 8.94 Å². The fourth-order valence-corrected chi connectivity index (χ4v) is 2.96. The molecule has 0 amide bonds. The monoisotopic (exact) mass is 285 g/mol. The van der Waals surface area contributed by atoms with Crippen LogP contribution in [0.15, 0.2) is 75.7 Å². The summed E-state index contributed by atoms with van der Waals surface area (Å²) in [4.78, 5) is 0. The highest BCUT2D eigenvalue weighted by Crippen LogP contribution is 2.34. The lowest BCUT2D eigenvalue weighted by Crippen LogP contribution is -1.75. The molecule has 0 unspecified atom stereocenters. The van der Waals surface area contributed by atoms with Crippen molar-refractivity contribution >= 4 is 32.8 Å². The Bertz CT molecular complexity index is 1130.